The lowest BCUT2D eigenvalue weighted by molar-refractivity contribution is -0.133. The van der Waals surface area contributed by atoms with Gasteiger partial charge >= 0.3 is 0 Å². The lowest BCUT2D eigenvalue weighted by atomic mass is 9.94. The van der Waals surface area contributed by atoms with Crippen molar-refractivity contribution in [2.45, 2.75) is 31.7 Å². The Balaban J connectivity index is 1.59. The van der Waals surface area contributed by atoms with Crippen LogP contribution in [-0.2, 0) is 11.8 Å². The highest BCUT2D eigenvalue weighted by molar-refractivity contribution is 7.10. The minimum Gasteiger partial charge on any atom is -0.337 e. The Hall–Kier alpha value is -1.66. The molecule has 0 N–H and O–H groups in total. The zero-order chi connectivity index (χ0) is 17.1. The van der Waals surface area contributed by atoms with Crippen molar-refractivity contribution in [3.05, 3.63) is 40.3 Å². The molecule has 6 heteroatoms. The molecule has 2 aromatic rings. The number of nitrogens with zero attached hydrogens (tertiary/aromatic N) is 4. The van der Waals surface area contributed by atoms with Crippen LogP contribution in [0.1, 0.15) is 42.3 Å². The predicted molar refractivity (Wildman–Crippen MR) is 97.1 cm³/mol. The van der Waals surface area contributed by atoms with Crippen LogP contribution >= 0.6 is 11.3 Å². The molecule has 1 aliphatic rings. The first-order valence-electron chi connectivity index (χ1n) is 8.55. The molecule has 2 aromatic heterocycles. The summed E-state index contributed by atoms with van der Waals surface area (Å²) in [5, 5.41) is 6.34. The molecule has 1 saturated heterocycles. The summed E-state index contributed by atoms with van der Waals surface area (Å²) in [4.78, 5) is 18.1. The molecule has 0 unspecified atom stereocenters. The largest absolute Gasteiger partial charge is 0.337 e. The molecule has 0 aromatic carbocycles. The highest BCUT2D eigenvalue weighted by Crippen LogP contribution is 2.27. The minimum atomic E-state index is 0.134. The van der Waals surface area contributed by atoms with Gasteiger partial charge in [-0.25, -0.2) is 0 Å². The molecule has 0 bridgehead atoms. The average Bonchev–Trinajstić information content (AvgIpc) is 3.25. The molecule has 0 saturated carbocycles. The molecule has 24 heavy (non-hydrogen) atoms. The first-order valence-corrected chi connectivity index (χ1v) is 9.43. The van der Waals surface area contributed by atoms with Crippen molar-refractivity contribution in [1.82, 2.24) is 19.6 Å². The fraction of sp³-hybridized carbons (Fsp3) is 0.556. The van der Waals surface area contributed by atoms with Crippen molar-refractivity contribution in [3.8, 4) is 0 Å². The number of hydrogen-bond acceptors (Lipinski definition) is 4. The van der Waals surface area contributed by atoms with Crippen molar-refractivity contribution in [1.29, 1.82) is 0 Å². The Morgan fingerprint density at radius 3 is 3.00 bits per heavy atom. The smallest absolute Gasteiger partial charge is 0.237 e. The van der Waals surface area contributed by atoms with Gasteiger partial charge in [-0.1, -0.05) is 6.07 Å². The Kier molecular flexibility index (Phi) is 5.36. The van der Waals surface area contributed by atoms with E-state index < -0.39 is 0 Å². The van der Waals surface area contributed by atoms with Crippen molar-refractivity contribution < 1.29 is 4.79 Å². The summed E-state index contributed by atoms with van der Waals surface area (Å²) in [5.74, 6) is 0.667. The van der Waals surface area contributed by atoms with E-state index in [4.69, 9.17) is 0 Å². The molecular formula is C18H26N4OS. The lowest BCUT2D eigenvalue weighted by Crippen LogP contribution is -2.43. The van der Waals surface area contributed by atoms with Gasteiger partial charge < -0.3 is 4.90 Å². The van der Waals surface area contributed by atoms with E-state index in [2.05, 4.69) is 34.4 Å². The molecule has 5 nitrogen and oxygen atoms in total. The summed E-state index contributed by atoms with van der Waals surface area (Å²) in [7, 11) is 3.91. The zero-order valence-corrected chi connectivity index (χ0v) is 15.5. The predicted octanol–water partition coefficient (Wildman–Crippen LogP) is 2.88. The number of aromatic nitrogens is 2. The van der Waals surface area contributed by atoms with E-state index in [9.17, 15) is 4.79 Å². The Bertz CT molecular complexity index is 666. The molecule has 3 heterocycles. The number of hydrogen-bond donors (Lipinski definition) is 0. The monoisotopic (exact) mass is 346 g/mol. The second-order valence-electron chi connectivity index (χ2n) is 6.65. The number of piperidine rings is 1. The summed E-state index contributed by atoms with van der Waals surface area (Å²) in [5.41, 5.74) is 1.27. The fourth-order valence-electron chi connectivity index (χ4n) is 3.46. The number of thiophene rings is 1. The second kappa shape index (κ2) is 7.49. The third kappa shape index (κ3) is 3.70. The quantitative estimate of drug-likeness (QED) is 0.836. The van der Waals surface area contributed by atoms with E-state index in [-0.39, 0.29) is 11.9 Å². The van der Waals surface area contributed by atoms with Gasteiger partial charge in [0, 0.05) is 43.3 Å². The van der Waals surface area contributed by atoms with E-state index in [0.29, 0.717) is 12.5 Å². The number of likely N-dealkylation sites (N-methyl/N-ethyl adjacent to an activating group) is 1. The van der Waals surface area contributed by atoms with E-state index in [0.717, 1.165) is 19.5 Å². The number of amides is 1. The van der Waals surface area contributed by atoms with Gasteiger partial charge in [0.05, 0.1) is 12.6 Å². The Morgan fingerprint density at radius 1 is 1.50 bits per heavy atom. The SMILES string of the molecule is C[C@H](c1cccs1)N(C)C(=O)CN1CCC[C@H](c2ccnn2C)C1. The van der Waals surface area contributed by atoms with E-state index in [1.807, 2.05) is 35.9 Å². The van der Waals surface area contributed by atoms with Crippen LogP contribution in [0.15, 0.2) is 29.8 Å². The van der Waals surface area contributed by atoms with Crippen LogP contribution in [0.5, 0.6) is 0 Å². The molecule has 0 spiro atoms. The van der Waals surface area contributed by atoms with Crippen molar-refractivity contribution in [3.63, 3.8) is 0 Å². The molecule has 1 amide bonds. The molecule has 2 atom stereocenters. The molecule has 0 radical (unpaired) electrons. The van der Waals surface area contributed by atoms with Gasteiger partial charge in [-0.2, -0.15) is 5.10 Å². The van der Waals surface area contributed by atoms with Crippen LogP contribution in [0.4, 0.5) is 0 Å². The van der Waals surface area contributed by atoms with E-state index >= 15 is 0 Å². The maximum atomic E-state index is 12.7. The lowest BCUT2D eigenvalue weighted by Gasteiger charge is -2.34. The summed E-state index contributed by atoms with van der Waals surface area (Å²) in [6.45, 7) is 4.53. The first kappa shape index (κ1) is 17.2. The number of likely N-dealkylation sites (tertiary alicyclic amines) is 1. The van der Waals surface area contributed by atoms with Gasteiger partial charge in [0.15, 0.2) is 0 Å². The van der Waals surface area contributed by atoms with Crippen LogP contribution < -0.4 is 0 Å². The average molecular weight is 347 g/mol. The number of carbonyl (C=O) groups excluding carboxylic acids is 1. The van der Waals surface area contributed by atoms with Crippen LogP contribution in [0, 0.1) is 0 Å². The molecule has 1 aliphatic heterocycles. The standard InChI is InChI=1S/C18H26N4OS/c1-14(17-7-5-11-24-17)20(2)18(23)13-22-10-4-6-15(12-22)16-8-9-19-21(16)3/h5,7-9,11,14-15H,4,6,10,12-13H2,1-3H3/t14-,15+/m1/s1. The topological polar surface area (TPSA) is 41.4 Å². The molecule has 3 rings (SSSR count). The summed E-state index contributed by atoms with van der Waals surface area (Å²) in [6.07, 6.45) is 4.16. The molecule has 0 aliphatic carbocycles. The van der Waals surface area contributed by atoms with E-state index in [1.165, 1.54) is 17.0 Å². The van der Waals surface area contributed by atoms with Gasteiger partial charge in [0.1, 0.15) is 0 Å². The van der Waals surface area contributed by atoms with Gasteiger partial charge in [-0.3, -0.25) is 14.4 Å². The second-order valence-corrected chi connectivity index (χ2v) is 7.63. The Morgan fingerprint density at radius 2 is 2.33 bits per heavy atom. The highest BCUT2D eigenvalue weighted by Gasteiger charge is 2.26. The minimum absolute atomic E-state index is 0.134. The van der Waals surface area contributed by atoms with Gasteiger partial charge in [0.25, 0.3) is 0 Å². The summed E-state index contributed by atoms with van der Waals surface area (Å²) >= 11 is 1.71. The van der Waals surface area contributed by atoms with Gasteiger partial charge in [-0.05, 0) is 43.8 Å². The van der Waals surface area contributed by atoms with Crippen LogP contribution in [0.25, 0.3) is 0 Å². The van der Waals surface area contributed by atoms with Gasteiger partial charge in [0.2, 0.25) is 5.91 Å². The van der Waals surface area contributed by atoms with Crippen LogP contribution in [-0.4, -0.2) is 52.2 Å². The van der Waals surface area contributed by atoms with Crippen molar-refractivity contribution in [2.24, 2.45) is 7.05 Å². The molecule has 130 valence electrons. The number of carbonyl (C=O) groups is 1. The normalized spacial score (nSPS) is 20.0. The summed E-state index contributed by atoms with van der Waals surface area (Å²) < 4.78 is 1.96. The molecule has 1 fully saturated rings. The van der Waals surface area contributed by atoms with Gasteiger partial charge in [-0.15, -0.1) is 11.3 Å². The third-order valence-corrected chi connectivity index (χ3v) is 6.11. The highest BCUT2D eigenvalue weighted by atomic mass is 32.1. The maximum absolute atomic E-state index is 12.7. The van der Waals surface area contributed by atoms with Crippen LogP contribution in [0.2, 0.25) is 0 Å². The first-order chi connectivity index (χ1) is 11.6. The zero-order valence-electron chi connectivity index (χ0n) is 14.7. The Labute approximate surface area is 147 Å². The molecular weight excluding hydrogens is 320 g/mol. The number of rotatable bonds is 5. The fourth-order valence-corrected chi connectivity index (χ4v) is 4.29. The van der Waals surface area contributed by atoms with Crippen molar-refractivity contribution in [2.75, 3.05) is 26.7 Å². The van der Waals surface area contributed by atoms with E-state index in [1.54, 1.807) is 11.3 Å². The number of aryl methyl sites for hydroxylation is 1. The third-order valence-electron chi connectivity index (χ3n) is 5.07. The maximum Gasteiger partial charge on any atom is 0.237 e. The van der Waals surface area contributed by atoms with Crippen LogP contribution in [0.3, 0.4) is 0 Å². The summed E-state index contributed by atoms with van der Waals surface area (Å²) in [6, 6.07) is 6.37. The van der Waals surface area contributed by atoms with Crippen molar-refractivity contribution >= 4 is 17.2 Å².